The van der Waals surface area contributed by atoms with Crippen LogP contribution >= 0.6 is 11.8 Å². The van der Waals surface area contributed by atoms with Crippen molar-refractivity contribution in [3.63, 3.8) is 0 Å². The third kappa shape index (κ3) is 3.52. The number of halogens is 2. The fourth-order valence-electron chi connectivity index (χ4n) is 2.22. The van der Waals surface area contributed by atoms with Crippen molar-refractivity contribution in [1.29, 1.82) is 0 Å². The first-order valence-electron chi connectivity index (χ1n) is 7.30. The third-order valence-electron chi connectivity index (χ3n) is 3.58. The second kappa shape index (κ2) is 6.27. The molecule has 2 aromatic rings. The van der Waals surface area contributed by atoms with Crippen molar-refractivity contribution in [3.05, 3.63) is 35.7 Å². The quantitative estimate of drug-likeness (QED) is 0.850. The molecular formula is C15H16F2N4OS. The molecule has 1 aliphatic carbocycles. The zero-order chi connectivity index (χ0) is 16.6. The number of aryl methyl sites for hydroxylation is 1. The molecule has 3 rings (SSSR count). The summed E-state index contributed by atoms with van der Waals surface area (Å²) < 4.78 is 28.8. The molecule has 0 saturated heterocycles. The summed E-state index contributed by atoms with van der Waals surface area (Å²) in [6.07, 6.45) is 2.17. The predicted molar refractivity (Wildman–Crippen MR) is 83.3 cm³/mol. The maximum atomic E-state index is 13.6. The number of rotatable bonds is 5. The number of carbonyl (C=O) groups is 1. The van der Waals surface area contributed by atoms with Gasteiger partial charge in [0.05, 0.1) is 10.9 Å². The van der Waals surface area contributed by atoms with Crippen LogP contribution in [0, 0.1) is 18.6 Å². The van der Waals surface area contributed by atoms with E-state index in [0.29, 0.717) is 11.2 Å². The number of thioether (sulfide) groups is 1. The summed E-state index contributed by atoms with van der Waals surface area (Å²) in [5.74, 6) is -0.874. The van der Waals surface area contributed by atoms with Gasteiger partial charge in [-0.05, 0) is 38.8 Å². The van der Waals surface area contributed by atoms with E-state index in [1.54, 1.807) is 6.92 Å². The Labute approximate surface area is 136 Å². The van der Waals surface area contributed by atoms with Gasteiger partial charge in [-0.1, -0.05) is 11.8 Å². The van der Waals surface area contributed by atoms with Crippen LogP contribution in [0.3, 0.4) is 0 Å². The second-order valence-electron chi connectivity index (χ2n) is 5.50. The van der Waals surface area contributed by atoms with Crippen LogP contribution in [0.15, 0.2) is 23.4 Å². The zero-order valence-corrected chi connectivity index (χ0v) is 13.5. The topological polar surface area (TPSA) is 59.8 Å². The largest absolute Gasteiger partial charge is 0.323 e. The van der Waals surface area contributed by atoms with Gasteiger partial charge in [-0.25, -0.2) is 8.78 Å². The van der Waals surface area contributed by atoms with Gasteiger partial charge in [0.2, 0.25) is 5.91 Å². The van der Waals surface area contributed by atoms with Crippen LogP contribution in [0.1, 0.15) is 31.6 Å². The molecule has 0 radical (unpaired) electrons. The highest BCUT2D eigenvalue weighted by molar-refractivity contribution is 8.00. The van der Waals surface area contributed by atoms with Gasteiger partial charge < -0.3 is 9.88 Å². The number of amides is 1. The Balaban J connectivity index is 1.69. The Bertz CT molecular complexity index is 745. The summed E-state index contributed by atoms with van der Waals surface area (Å²) in [7, 11) is 0. The van der Waals surface area contributed by atoms with Gasteiger partial charge in [-0.2, -0.15) is 0 Å². The number of hydrogen-bond acceptors (Lipinski definition) is 4. The molecule has 8 heteroatoms. The molecule has 0 spiro atoms. The van der Waals surface area contributed by atoms with Gasteiger partial charge in [0.25, 0.3) is 0 Å². The standard InChI is InChI=1S/C15H16F2N4OS/c1-8(14(22)18-13-7-10(16)3-6-12(13)17)23-15-20-19-9(2)21(15)11-4-5-11/h3,6-8,11H,4-5H2,1-2H3,(H,18,22)/t8-/m0/s1. The number of benzene rings is 1. The van der Waals surface area contributed by atoms with E-state index < -0.39 is 22.8 Å². The van der Waals surface area contributed by atoms with Crippen molar-refractivity contribution in [2.75, 3.05) is 5.32 Å². The Morgan fingerprint density at radius 2 is 2.13 bits per heavy atom. The van der Waals surface area contributed by atoms with E-state index in [4.69, 9.17) is 0 Å². The lowest BCUT2D eigenvalue weighted by molar-refractivity contribution is -0.115. The van der Waals surface area contributed by atoms with Gasteiger partial charge in [0.1, 0.15) is 17.5 Å². The van der Waals surface area contributed by atoms with E-state index in [2.05, 4.69) is 15.5 Å². The molecule has 0 bridgehead atoms. The molecule has 0 aliphatic heterocycles. The van der Waals surface area contributed by atoms with Crippen molar-refractivity contribution in [3.8, 4) is 0 Å². The van der Waals surface area contributed by atoms with Crippen LogP contribution < -0.4 is 5.32 Å². The lowest BCUT2D eigenvalue weighted by atomic mass is 10.3. The molecule has 1 aromatic carbocycles. The summed E-state index contributed by atoms with van der Waals surface area (Å²) in [4.78, 5) is 12.2. The summed E-state index contributed by atoms with van der Waals surface area (Å²) in [5, 5.41) is 10.7. The molecule has 1 N–H and O–H groups in total. The number of nitrogens with zero attached hydrogens (tertiary/aromatic N) is 3. The molecule has 1 aromatic heterocycles. The summed E-state index contributed by atoms with van der Waals surface area (Å²) in [6, 6.07) is 3.35. The average molecular weight is 338 g/mol. The summed E-state index contributed by atoms with van der Waals surface area (Å²) in [6.45, 7) is 3.57. The maximum absolute atomic E-state index is 13.6. The predicted octanol–water partition coefficient (Wildman–Crippen LogP) is 3.32. The first-order valence-corrected chi connectivity index (χ1v) is 8.17. The maximum Gasteiger partial charge on any atom is 0.237 e. The minimum atomic E-state index is -0.672. The highest BCUT2D eigenvalue weighted by Gasteiger charge is 2.30. The van der Waals surface area contributed by atoms with Crippen molar-refractivity contribution in [2.45, 2.75) is 43.1 Å². The Kier molecular flexibility index (Phi) is 4.34. The molecule has 1 saturated carbocycles. The molecule has 5 nitrogen and oxygen atoms in total. The number of carbonyl (C=O) groups excluding carboxylic acids is 1. The van der Waals surface area contributed by atoms with Crippen LogP contribution in [-0.4, -0.2) is 25.9 Å². The van der Waals surface area contributed by atoms with Crippen LogP contribution in [0.2, 0.25) is 0 Å². The van der Waals surface area contributed by atoms with Gasteiger partial charge in [-0.15, -0.1) is 10.2 Å². The Hall–Kier alpha value is -1.96. The molecule has 1 heterocycles. The zero-order valence-electron chi connectivity index (χ0n) is 12.7. The van der Waals surface area contributed by atoms with Gasteiger partial charge in [0.15, 0.2) is 5.16 Å². The number of nitrogens with one attached hydrogen (secondary N) is 1. The molecule has 0 unspecified atom stereocenters. The van der Waals surface area contributed by atoms with Crippen molar-refractivity contribution in [2.24, 2.45) is 0 Å². The molecule has 1 atom stereocenters. The van der Waals surface area contributed by atoms with E-state index in [9.17, 15) is 13.6 Å². The Morgan fingerprint density at radius 1 is 1.39 bits per heavy atom. The third-order valence-corrected chi connectivity index (χ3v) is 4.64. The molecule has 1 fully saturated rings. The normalized spacial score (nSPS) is 15.5. The van der Waals surface area contributed by atoms with Crippen LogP contribution in [0.5, 0.6) is 0 Å². The number of hydrogen-bond donors (Lipinski definition) is 1. The summed E-state index contributed by atoms with van der Waals surface area (Å²) in [5.41, 5.74) is -0.165. The lowest BCUT2D eigenvalue weighted by Crippen LogP contribution is -2.23. The smallest absolute Gasteiger partial charge is 0.237 e. The monoisotopic (exact) mass is 338 g/mol. The van der Waals surface area contributed by atoms with E-state index in [0.717, 1.165) is 36.9 Å². The van der Waals surface area contributed by atoms with Crippen molar-refractivity contribution in [1.82, 2.24) is 14.8 Å². The molecular weight excluding hydrogens is 322 g/mol. The molecule has 122 valence electrons. The summed E-state index contributed by atoms with van der Waals surface area (Å²) >= 11 is 1.26. The minimum Gasteiger partial charge on any atom is -0.323 e. The van der Waals surface area contributed by atoms with Crippen molar-refractivity contribution >= 4 is 23.4 Å². The van der Waals surface area contributed by atoms with Gasteiger partial charge >= 0.3 is 0 Å². The minimum absolute atomic E-state index is 0.165. The van der Waals surface area contributed by atoms with Crippen LogP contribution in [0.25, 0.3) is 0 Å². The van der Waals surface area contributed by atoms with Gasteiger partial charge in [-0.3, -0.25) is 4.79 Å². The average Bonchev–Trinajstić information content (AvgIpc) is 3.27. The Morgan fingerprint density at radius 3 is 2.83 bits per heavy atom. The first-order chi connectivity index (χ1) is 11.0. The SMILES string of the molecule is Cc1nnc(S[C@@H](C)C(=O)Nc2cc(F)ccc2F)n1C1CC1. The first kappa shape index (κ1) is 15.9. The molecule has 1 amide bonds. The highest BCUT2D eigenvalue weighted by Crippen LogP contribution is 2.39. The number of anilines is 1. The second-order valence-corrected chi connectivity index (χ2v) is 6.81. The van der Waals surface area contributed by atoms with Crippen molar-refractivity contribution < 1.29 is 13.6 Å². The fourth-order valence-corrected chi connectivity index (χ4v) is 3.19. The molecule has 23 heavy (non-hydrogen) atoms. The van der Waals surface area contributed by atoms with Crippen LogP contribution in [0.4, 0.5) is 14.5 Å². The van der Waals surface area contributed by atoms with Gasteiger partial charge in [0, 0.05) is 12.1 Å². The van der Waals surface area contributed by atoms with E-state index in [1.807, 2.05) is 11.5 Å². The van der Waals surface area contributed by atoms with E-state index in [1.165, 1.54) is 11.8 Å². The van der Waals surface area contributed by atoms with E-state index in [-0.39, 0.29) is 5.69 Å². The number of aromatic nitrogens is 3. The van der Waals surface area contributed by atoms with E-state index >= 15 is 0 Å². The highest BCUT2D eigenvalue weighted by atomic mass is 32.2. The van der Waals surface area contributed by atoms with Crippen LogP contribution in [-0.2, 0) is 4.79 Å². The fraction of sp³-hybridized carbons (Fsp3) is 0.400. The molecule has 1 aliphatic rings. The lowest BCUT2D eigenvalue weighted by Gasteiger charge is -2.13.